The van der Waals surface area contributed by atoms with Gasteiger partial charge in [-0.3, -0.25) is 9.67 Å². The highest BCUT2D eigenvalue weighted by molar-refractivity contribution is 6.33. The Morgan fingerprint density at radius 1 is 1.39 bits per heavy atom. The first kappa shape index (κ1) is 12.8. The number of halogens is 1. The molecule has 0 unspecified atom stereocenters. The van der Waals surface area contributed by atoms with Crippen molar-refractivity contribution >= 4 is 17.8 Å². The molecule has 0 saturated carbocycles. The Labute approximate surface area is 111 Å². The summed E-state index contributed by atoms with van der Waals surface area (Å²) in [7, 11) is 0. The topological polar surface area (TPSA) is 54.6 Å². The average molecular weight is 263 g/mol. The van der Waals surface area contributed by atoms with Crippen LogP contribution in [0.15, 0.2) is 18.3 Å². The Kier molecular flexibility index (Phi) is 3.48. The van der Waals surface area contributed by atoms with Crippen LogP contribution in [0.2, 0.25) is 5.02 Å². The molecule has 2 aromatic rings. The molecule has 94 valence electrons. The maximum absolute atomic E-state index is 7.14. The summed E-state index contributed by atoms with van der Waals surface area (Å²) in [6.45, 7) is 6.02. The first-order valence-corrected chi connectivity index (χ1v) is 6.14. The summed E-state index contributed by atoms with van der Waals surface area (Å²) >= 11 is 6.31. The molecule has 18 heavy (non-hydrogen) atoms. The maximum Gasteiger partial charge on any atom is 0.0895 e. The van der Waals surface area contributed by atoms with Gasteiger partial charge in [-0.15, -0.1) is 0 Å². The zero-order valence-corrected chi connectivity index (χ0v) is 11.4. The van der Waals surface area contributed by atoms with Crippen LogP contribution in [0.5, 0.6) is 0 Å². The van der Waals surface area contributed by atoms with Crippen molar-refractivity contribution < 1.29 is 0 Å². The molecular formula is C13H15ClN4. The average Bonchev–Trinajstić information content (AvgIpc) is 2.66. The first-order valence-electron chi connectivity index (χ1n) is 5.76. The Hall–Kier alpha value is -1.68. The molecule has 0 aliphatic rings. The molecule has 0 spiro atoms. The molecule has 5 heteroatoms. The summed E-state index contributed by atoms with van der Waals surface area (Å²) < 4.78 is 1.90. The van der Waals surface area contributed by atoms with Crippen molar-refractivity contribution in [3.05, 3.63) is 34.7 Å². The van der Waals surface area contributed by atoms with Gasteiger partial charge in [0.05, 0.1) is 22.1 Å². The highest BCUT2D eigenvalue weighted by Gasteiger charge is 2.17. The summed E-state index contributed by atoms with van der Waals surface area (Å²) in [4.78, 5) is 4.18. The summed E-state index contributed by atoms with van der Waals surface area (Å²) in [5, 5.41) is 12.2. The lowest BCUT2D eigenvalue weighted by molar-refractivity contribution is 0.535. The van der Waals surface area contributed by atoms with Gasteiger partial charge in [0.25, 0.3) is 0 Å². The summed E-state index contributed by atoms with van der Waals surface area (Å²) in [5.41, 5.74) is 3.24. The van der Waals surface area contributed by atoms with Crippen molar-refractivity contribution in [3.63, 3.8) is 0 Å². The number of hydrogen-bond acceptors (Lipinski definition) is 3. The normalized spacial score (nSPS) is 10.9. The number of aromatic nitrogens is 3. The number of aryl methyl sites for hydroxylation is 1. The molecule has 0 amide bonds. The van der Waals surface area contributed by atoms with Crippen LogP contribution in [-0.2, 0) is 0 Å². The van der Waals surface area contributed by atoms with Gasteiger partial charge >= 0.3 is 0 Å². The SMILES string of the molecule is Cc1nn(C(C)C)c(-c2ccc(C=N)nc2)c1Cl. The number of rotatable bonds is 3. The predicted molar refractivity (Wildman–Crippen MR) is 73.5 cm³/mol. The van der Waals surface area contributed by atoms with Gasteiger partial charge in [-0.25, -0.2) is 0 Å². The van der Waals surface area contributed by atoms with Gasteiger partial charge in [0.15, 0.2) is 0 Å². The highest BCUT2D eigenvalue weighted by atomic mass is 35.5. The van der Waals surface area contributed by atoms with Crippen LogP contribution in [0.3, 0.4) is 0 Å². The van der Waals surface area contributed by atoms with Crippen LogP contribution in [0, 0.1) is 12.3 Å². The quantitative estimate of drug-likeness (QED) is 0.861. The molecule has 2 aromatic heterocycles. The smallest absolute Gasteiger partial charge is 0.0895 e. The molecule has 0 bridgehead atoms. The molecule has 0 aromatic carbocycles. The highest BCUT2D eigenvalue weighted by Crippen LogP contribution is 2.32. The Morgan fingerprint density at radius 3 is 2.61 bits per heavy atom. The molecule has 2 heterocycles. The van der Waals surface area contributed by atoms with Gasteiger partial charge in [0.1, 0.15) is 0 Å². The zero-order chi connectivity index (χ0) is 13.3. The minimum atomic E-state index is 0.230. The summed E-state index contributed by atoms with van der Waals surface area (Å²) in [5.74, 6) is 0. The van der Waals surface area contributed by atoms with E-state index >= 15 is 0 Å². The molecule has 0 aliphatic carbocycles. The first-order chi connectivity index (χ1) is 8.54. The fourth-order valence-electron chi connectivity index (χ4n) is 1.79. The maximum atomic E-state index is 7.14. The molecule has 0 atom stereocenters. The van der Waals surface area contributed by atoms with E-state index in [4.69, 9.17) is 17.0 Å². The predicted octanol–water partition coefficient (Wildman–Crippen LogP) is 3.49. The summed E-state index contributed by atoms with van der Waals surface area (Å²) in [6.07, 6.45) is 2.94. The third-order valence-electron chi connectivity index (χ3n) is 2.71. The number of nitrogens with zero attached hydrogens (tertiary/aromatic N) is 3. The monoisotopic (exact) mass is 262 g/mol. The van der Waals surface area contributed by atoms with Crippen LogP contribution in [0.25, 0.3) is 11.3 Å². The minimum absolute atomic E-state index is 0.230. The Bertz CT molecular complexity index is 569. The number of hydrogen-bond donors (Lipinski definition) is 1. The van der Waals surface area contributed by atoms with Crippen molar-refractivity contribution in [2.45, 2.75) is 26.8 Å². The molecule has 0 saturated heterocycles. The Morgan fingerprint density at radius 2 is 2.11 bits per heavy atom. The standard InChI is InChI=1S/C13H15ClN4/c1-8(2)18-13(12(14)9(3)17-18)10-4-5-11(6-15)16-7-10/h4-8,15H,1-3H3. The van der Waals surface area contributed by atoms with E-state index < -0.39 is 0 Å². The third-order valence-corrected chi connectivity index (χ3v) is 3.16. The van der Waals surface area contributed by atoms with E-state index in [1.807, 2.05) is 17.7 Å². The molecule has 0 radical (unpaired) electrons. The van der Waals surface area contributed by atoms with Crippen LogP contribution in [0.4, 0.5) is 0 Å². The van der Waals surface area contributed by atoms with E-state index in [-0.39, 0.29) is 6.04 Å². The van der Waals surface area contributed by atoms with Crippen LogP contribution < -0.4 is 0 Å². The van der Waals surface area contributed by atoms with Crippen molar-refractivity contribution in [2.24, 2.45) is 0 Å². The molecule has 1 N–H and O–H groups in total. The zero-order valence-electron chi connectivity index (χ0n) is 10.6. The molecule has 0 fully saturated rings. The van der Waals surface area contributed by atoms with E-state index in [1.165, 1.54) is 6.21 Å². The fourth-order valence-corrected chi connectivity index (χ4v) is 2.02. The molecule has 4 nitrogen and oxygen atoms in total. The van der Waals surface area contributed by atoms with Crippen molar-refractivity contribution in [2.75, 3.05) is 0 Å². The van der Waals surface area contributed by atoms with Crippen LogP contribution in [-0.4, -0.2) is 21.0 Å². The van der Waals surface area contributed by atoms with Gasteiger partial charge in [-0.2, -0.15) is 5.10 Å². The largest absolute Gasteiger partial charge is 0.307 e. The van der Waals surface area contributed by atoms with Crippen molar-refractivity contribution in [1.29, 1.82) is 5.41 Å². The molecule has 2 rings (SSSR count). The minimum Gasteiger partial charge on any atom is -0.307 e. The Balaban J connectivity index is 2.58. The fraction of sp³-hybridized carbons (Fsp3) is 0.308. The lowest BCUT2D eigenvalue weighted by Gasteiger charge is -2.11. The van der Waals surface area contributed by atoms with Gasteiger partial charge < -0.3 is 5.41 Å². The second-order valence-corrected chi connectivity index (χ2v) is 4.78. The molecule has 0 aliphatic heterocycles. The second kappa shape index (κ2) is 4.90. The third kappa shape index (κ3) is 2.16. The van der Waals surface area contributed by atoms with Gasteiger partial charge in [0.2, 0.25) is 0 Å². The van der Waals surface area contributed by atoms with Gasteiger partial charge in [0, 0.05) is 24.0 Å². The van der Waals surface area contributed by atoms with E-state index in [0.717, 1.165) is 17.0 Å². The van der Waals surface area contributed by atoms with Crippen molar-refractivity contribution in [1.82, 2.24) is 14.8 Å². The molecular weight excluding hydrogens is 248 g/mol. The van der Waals surface area contributed by atoms with Gasteiger partial charge in [-0.1, -0.05) is 11.6 Å². The lowest BCUT2D eigenvalue weighted by Crippen LogP contribution is -2.05. The van der Waals surface area contributed by atoms with Crippen LogP contribution in [0.1, 0.15) is 31.3 Å². The van der Waals surface area contributed by atoms with E-state index in [2.05, 4.69) is 23.9 Å². The number of pyridine rings is 1. The van der Waals surface area contributed by atoms with Crippen molar-refractivity contribution in [3.8, 4) is 11.3 Å². The van der Waals surface area contributed by atoms with E-state index in [9.17, 15) is 0 Å². The van der Waals surface area contributed by atoms with E-state index in [1.54, 1.807) is 12.3 Å². The van der Waals surface area contributed by atoms with Crippen LogP contribution >= 0.6 is 11.6 Å². The summed E-state index contributed by atoms with van der Waals surface area (Å²) in [6, 6.07) is 3.94. The van der Waals surface area contributed by atoms with E-state index in [0.29, 0.717) is 10.7 Å². The number of nitrogens with one attached hydrogen (secondary N) is 1. The second-order valence-electron chi connectivity index (χ2n) is 4.40. The lowest BCUT2D eigenvalue weighted by atomic mass is 10.1. The van der Waals surface area contributed by atoms with Gasteiger partial charge in [-0.05, 0) is 32.9 Å².